The molecule has 0 bridgehead atoms. The van der Waals surface area contributed by atoms with Gasteiger partial charge in [0.1, 0.15) is 0 Å². The van der Waals surface area contributed by atoms with Gasteiger partial charge in [-0.2, -0.15) is 0 Å². The van der Waals surface area contributed by atoms with Gasteiger partial charge in [-0.3, -0.25) is 0 Å². The number of unbranched alkanes of at least 4 members (excludes halogenated alkanes) is 5. The fourth-order valence-electron chi connectivity index (χ4n) is 2.02. The zero-order chi connectivity index (χ0) is 14.1. The first-order chi connectivity index (χ1) is 9.16. The highest BCUT2D eigenvalue weighted by molar-refractivity contribution is 9.10. The fraction of sp³-hybridized carbons (Fsp3) is 0.533. The average Bonchev–Trinajstić information content (AvgIpc) is 2.37. The number of anilines is 1. The lowest BCUT2D eigenvalue weighted by Crippen LogP contribution is -2.08. The predicted octanol–water partition coefficient (Wildman–Crippen LogP) is 4.92. The molecule has 0 heterocycles. The van der Waals surface area contributed by atoms with Crippen LogP contribution in [-0.2, 0) is 0 Å². The van der Waals surface area contributed by atoms with Gasteiger partial charge in [0.05, 0.1) is 5.56 Å². The molecule has 0 aromatic heterocycles. The molecule has 0 amide bonds. The van der Waals surface area contributed by atoms with Crippen LogP contribution < -0.4 is 5.32 Å². The summed E-state index contributed by atoms with van der Waals surface area (Å²) in [5, 5.41) is 12.4. The van der Waals surface area contributed by atoms with Crippen LogP contribution in [0.15, 0.2) is 22.7 Å². The van der Waals surface area contributed by atoms with Crippen molar-refractivity contribution in [3.05, 3.63) is 28.2 Å². The first-order valence-electron chi connectivity index (χ1n) is 6.92. The van der Waals surface area contributed by atoms with E-state index in [-0.39, 0.29) is 0 Å². The van der Waals surface area contributed by atoms with Gasteiger partial charge in [0.25, 0.3) is 0 Å². The maximum absolute atomic E-state index is 11.2. The zero-order valence-electron chi connectivity index (χ0n) is 11.4. The molecule has 0 unspecified atom stereocenters. The summed E-state index contributed by atoms with van der Waals surface area (Å²) in [5.41, 5.74) is 1.00. The monoisotopic (exact) mass is 327 g/mol. The molecular weight excluding hydrogens is 306 g/mol. The molecule has 0 aliphatic rings. The van der Waals surface area contributed by atoms with Crippen molar-refractivity contribution in [1.82, 2.24) is 0 Å². The van der Waals surface area contributed by atoms with Gasteiger partial charge in [-0.05, 0) is 34.5 Å². The zero-order valence-corrected chi connectivity index (χ0v) is 13.0. The fourth-order valence-corrected chi connectivity index (χ4v) is 2.55. The summed E-state index contributed by atoms with van der Waals surface area (Å²) in [4.78, 5) is 11.2. The van der Waals surface area contributed by atoms with Crippen LogP contribution in [-0.4, -0.2) is 17.6 Å². The van der Waals surface area contributed by atoms with Crippen molar-refractivity contribution in [2.45, 2.75) is 45.4 Å². The van der Waals surface area contributed by atoms with Gasteiger partial charge >= 0.3 is 5.97 Å². The summed E-state index contributed by atoms with van der Waals surface area (Å²) in [6.45, 7) is 3.03. The molecule has 2 N–H and O–H groups in total. The Hall–Kier alpha value is -1.03. The molecule has 0 spiro atoms. The van der Waals surface area contributed by atoms with Crippen molar-refractivity contribution < 1.29 is 9.90 Å². The average molecular weight is 328 g/mol. The smallest absolute Gasteiger partial charge is 0.338 e. The Morgan fingerprint density at radius 3 is 2.58 bits per heavy atom. The SMILES string of the molecule is CCCCCCCCNc1cccc(Br)c1C(=O)O. The number of carboxylic acid groups (broad SMARTS) is 1. The number of nitrogens with one attached hydrogen (secondary N) is 1. The Bertz CT molecular complexity index is 407. The minimum Gasteiger partial charge on any atom is -0.478 e. The van der Waals surface area contributed by atoms with Crippen LogP contribution in [0.25, 0.3) is 0 Å². The lowest BCUT2D eigenvalue weighted by atomic mass is 10.1. The Morgan fingerprint density at radius 1 is 1.21 bits per heavy atom. The van der Waals surface area contributed by atoms with Crippen molar-refractivity contribution in [2.24, 2.45) is 0 Å². The van der Waals surface area contributed by atoms with E-state index in [9.17, 15) is 9.90 Å². The Labute approximate surface area is 123 Å². The molecule has 0 aliphatic carbocycles. The van der Waals surface area contributed by atoms with Crippen molar-refractivity contribution in [3.63, 3.8) is 0 Å². The van der Waals surface area contributed by atoms with Crippen LogP contribution in [0, 0.1) is 0 Å². The Morgan fingerprint density at radius 2 is 1.89 bits per heavy atom. The van der Waals surface area contributed by atoms with Gasteiger partial charge in [-0.25, -0.2) is 4.79 Å². The summed E-state index contributed by atoms with van der Waals surface area (Å²) in [6.07, 6.45) is 7.41. The van der Waals surface area contributed by atoms with Crippen molar-refractivity contribution in [3.8, 4) is 0 Å². The number of benzene rings is 1. The van der Waals surface area contributed by atoms with Crippen molar-refractivity contribution in [2.75, 3.05) is 11.9 Å². The highest BCUT2D eigenvalue weighted by Crippen LogP contribution is 2.24. The van der Waals surface area contributed by atoms with Gasteiger partial charge in [0.15, 0.2) is 0 Å². The second kappa shape index (κ2) is 8.97. The van der Waals surface area contributed by atoms with Crippen molar-refractivity contribution in [1.29, 1.82) is 0 Å². The highest BCUT2D eigenvalue weighted by atomic mass is 79.9. The van der Waals surface area contributed by atoms with Gasteiger partial charge in [-0.15, -0.1) is 0 Å². The topological polar surface area (TPSA) is 49.3 Å². The largest absolute Gasteiger partial charge is 0.478 e. The van der Waals surface area contributed by atoms with E-state index in [1.165, 1.54) is 32.1 Å². The van der Waals surface area contributed by atoms with E-state index in [2.05, 4.69) is 28.2 Å². The number of carbonyl (C=O) groups is 1. The molecule has 0 aliphatic heterocycles. The highest BCUT2D eigenvalue weighted by Gasteiger charge is 2.13. The van der Waals surface area contributed by atoms with E-state index < -0.39 is 5.97 Å². The number of hydrogen-bond donors (Lipinski definition) is 2. The third kappa shape index (κ3) is 5.64. The van der Waals surface area contributed by atoms with E-state index >= 15 is 0 Å². The maximum atomic E-state index is 11.2. The van der Waals surface area contributed by atoms with Crippen LogP contribution in [0.1, 0.15) is 55.8 Å². The van der Waals surface area contributed by atoms with Gasteiger partial charge in [-0.1, -0.05) is 45.1 Å². The molecule has 0 atom stereocenters. The Kier molecular flexibility index (Phi) is 7.56. The normalized spacial score (nSPS) is 10.4. The van der Waals surface area contributed by atoms with E-state index in [1.54, 1.807) is 6.07 Å². The van der Waals surface area contributed by atoms with Gasteiger partial charge < -0.3 is 10.4 Å². The lowest BCUT2D eigenvalue weighted by Gasteiger charge is -2.10. The minimum atomic E-state index is -0.905. The molecule has 0 saturated carbocycles. The number of aromatic carboxylic acids is 1. The quantitative estimate of drug-likeness (QED) is 0.633. The molecule has 1 rings (SSSR count). The van der Waals surface area contributed by atoms with Gasteiger partial charge in [0.2, 0.25) is 0 Å². The van der Waals surface area contributed by atoms with E-state index in [0.29, 0.717) is 15.7 Å². The van der Waals surface area contributed by atoms with Crippen LogP contribution in [0.4, 0.5) is 5.69 Å². The molecule has 1 aromatic carbocycles. The third-order valence-electron chi connectivity index (χ3n) is 3.07. The second-order valence-electron chi connectivity index (χ2n) is 4.66. The van der Waals surface area contributed by atoms with Crippen LogP contribution >= 0.6 is 15.9 Å². The number of carboxylic acids is 1. The van der Waals surface area contributed by atoms with E-state index in [0.717, 1.165) is 13.0 Å². The standard InChI is InChI=1S/C15H22BrNO2/c1-2-3-4-5-6-7-11-17-13-10-8-9-12(16)14(13)15(18)19/h8-10,17H,2-7,11H2,1H3,(H,18,19). The minimum absolute atomic E-state index is 0.313. The summed E-state index contributed by atoms with van der Waals surface area (Å²) < 4.78 is 0.618. The first kappa shape index (κ1) is 16.0. The molecule has 19 heavy (non-hydrogen) atoms. The summed E-state index contributed by atoms with van der Waals surface area (Å²) >= 11 is 3.28. The molecule has 0 radical (unpaired) electrons. The van der Waals surface area contributed by atoms with E-state index in [4.69, 9.17) is 0 Å². The molecule has 4 heteroatoms. The van der Waals surface area contributed by atoms with Gasteiger partial charge in [0, 0.05) is 16.7 Å². The number of hydrogen-bond acceptors (Lipinski definition) is 2. The molecule has 106 valence electrons. The summed E-state index contributed by atoms with van der Waals surface area (Å²) in [6, 6.07) is 5.41. The molecule has 0 saturated heterocycles. The van der Waals surface area contributed by atoms with E-state index in [1.807, 2.05) is 12.1 Å². The second-order valence-corrected chi connectivity index (χ2v) is 5.52. The summed E-state index contributed by atoms with van der Waals surface area (Å²) in [5.74, 6) is -0.905. The number of rotatable bonds is 9. The maximum Gasteiger partial charge on any atom is 0.338 e. The molecule has 3 nitrogen and oxygen atoms in total. The third-order valence-corrected chi connectivity index (χ3v) is 3.73. The molecule has 1 aromatic rings. The molecule has 0 fully saturated rings. The van der Waals surface area contributed by atoms with Crippen LogP contribution in [0.5, 0.6) is 0 Å². The molecular formula is C15H22BrNO2. The van der Waals surface area contributed by atoms with Crippen LogP contribution in [0.2, 0.25) is 0 Å². The number of halogens is 1. The lowest BCUT2D eigenvalue weighted by molar-refractivity contribution is 0.0697. The van der Waals surface area contributed by atoms with Crippen molar-refractivity contribution >= 4 is 27.6 Å². The summed E-state index contributed by atoms with van der Waals surface area (Å²) in [7, 11) is 0. The first-order valence-corrected chi connectivity index (χ1v) is 7.71. The van der Waals surface area contributed by atoms with Crippen LogP contribution in [0.3, 0.4) is 0 Å². The predicted molar refractivity (Wildman–Crippen MR) is 83.0 cm³/mol. The Balaban J connectivity index is 2.37.